The van der Waals surface area contributed by atoms with Gasteiger partial charge in [-0.1, -0.05) is 30.3 Å². The molecule has 0 aromatic heterocycles. The Morgan fingerprint density at radius 2 is 2.14 bits per heavy atom. The molecule has 2 atom stereocenters. The number of likely N-dealkylation sites (tertiary alicyclic amines) is 1. The first-order valence-electron chi connectivity index (χ1n) is 7.94. The SMILES string of the molecule is CCN(CC1CCCN1Cc1ccccc1)C(=O)C(C)N. The molecule has 0 saturated carbocycles. The van der Waals surface area contributed by atoms with Crippen LogP contribution in [0.4, 0.5) is 0 Å². The van der Waals surface area contributed by atoms with Crippen LogP contribution in [0.25, 0.3) is 0 Å². The maximum absolute atomic E-state index is 12.1. The molecule has 21 heavy (non-hydrogen) atoms. The minimum absolute atomic E-state index is 0.0593. The lowest BCUT2D eigenvalue weighted by Crippen LogP contribution is -2.47. The number of likely N-dealkylation sites (N-methyl/N-ethyl adjacent to an activating group) is 1. The van der Waals surface area contributed by atoms with E-state index in [1.54, 1.807) is 6.92 Å². The van der Waals surface area contributed by atoms with Crippen molar-refractivity contribution in [2.24, 2.45) is 5.73 Å². The third-order valence-electron chi connectivity index (χ3n) is 4.24. The van der Waals surface area contributed by atoms with Crippen molar-refractivity contribution in [2.45, 2.75) is 45.3 Å². The number of hydrogen-bond acceptors (Lipinski definition) is 3. The zero-order valence-corrected chi connectivity index (χ0v) is 13.2. The largest absolute Gasteiger partial charge is 0.340 e. The van der Waals surface area contributed by atoms with Gasteiger partial charge in [-0.2, -0.15) is 0 Å². The molecule has 1 fully saturated rings. The minimum Gasteiger partial charge on any atom is -0.340 e. The fourth-order valence-electron chi connectivity index (χ4n) is 3.05. The van der Waals surface area contributed by atoms with Crippen LogP contribution >= 0.6 is 0 Å². The van der Waals surface area contributed by atoms with Gasteiger partial charge >= 0.3 is 0 Å². The molecule has 1 aliphatic rings. The maximum Gasteiger partial charge on any atom is 0.239 e. The van der Waals surface area contributed by atoms with E-state index in [2.05, 4.69) is 29.2 Å². The van der Waals surface area contributed by atoms with Gasteiger partial charge in [0, 0.05) is 25.7 Å². The highest BCUT2D eigenvalue weighted by molar-refractivity contribution is 5.81. The summed E-state index contributed by atoms with van der Waals surface area (Å²) in [4.78, 5) is 16.5. The van der Waals surface area contributed by atoms with E-state index in [1.165, 1.54) is 12.0 Å². The van der Waals surface area contributed by atoms with E-state index in [0.717, 1.165) is 32.6 Å². The van der Waals surface area contributed by atoms with Gasteiger partial charge in [0.15, 0.2) is 0 Å². The molecule has 2 unspecified atom stereocenters. The number of nitrogens with zero attached hydrogens (tertiary/aromatic N) is 2. The molecule has 116 valence electrons. The fourth-order valence-corrected chi connectivity index (χ4v) is 3.05. The molecule has 2 rings (SSSR count). The van der Waals surface area contributed by atoms with Gasteiger partial charge in [0.05, 0.1) is 6.04 Å². The van der Waals surface area contributed by atoms with Crippen LogP contribution in [-0.4, -0.2) is 47.4 Å². The minimum atomic E-state index is -0.408. The topological polar surface area (TPSA) is 49.6 Å². The highest BCUT2D eigenvalue weighted by Gasteiger charge is 2.28. The molecule has 0 aliphatic carbocycles. The Kier molecular flexibility index (Phi) is 5.76. The lowest BCUT2D eigenvalue weighted by atomic mass is 10.1. The number of carbonyl (C=O) groups is 1. The Balaban J connectivity index is 1.96. The van der Waals surface area contributed by atoms with Crippen LogP contribution in [0, 0.1) is 0 Å². The van der Waals surface area contributed by atoms with Gasteiger partial charge < -0.3 is 10.6 Å². The number of hydrogen-bond donors (Lipinski definition) is 1. The predicted octanol–water partition coefficient (Wildman–Crippen LogP) is 1.85. The summed E-state index contributed by atoms with van der Waals surface area (Å²) in [7, 11) is 0. The Hall–Kier alpha value is -1.39. The van der Waals surface area contributed by atoms with Gasteiger partial charge in [-0.25, -0.2) is 0 Å². The van der Waals surface area contributed by atoms with Crippen molar-refractivity contribution in [3.8, 4) is 0 Å². The van der Waals surface area contributed by atoms with E-state index in [9.17, 15) is 4.79 Å². The van der Waals surface area contributed by atoms with Crippen LogP contribution in [0.2, 0.25) is 0 Å². The molecular formula is C17H27N3O. The van der Waals surface area contributed by atoms with Crippen molar-refractivity contribution in [3.05, 3.63) is 35.9 Å². The van der Waals surface area contributed by atoms with Crippen molar-refractivity contribution in [3.63, 3.8) is 0 Å². The summed E-state index contributed by atoms with van der Waals surface area (Å²) in [5, 5.41) is 0. The summed E-state index contributed by atoms with van der Waals surface area (Å²) in [5.74, 6) is 0.0593. The van der Waals surface area contributed by atoms with E-state index in [1.807, 2.05) is 17.9 Å². The summed E-state index contributed by atoms with van der Waals surface area (Å²) in [6.07, 6.45) is 2.37. The average molecular weight is 289 g/mol. The van der Waals surface area contributed by atoms with Gasteiger partial charge in [0.25, 0.3) is 0 Å². The lowest BCUT2D eigenvalue weighted by Gasteiger charge is -2.31. The standard InChI is InChI=1S/C17H27N3O/c1-3-19(17(21)14(2)18)13-16-10-7-11-20(16)12-15-8-5-4-6-9-15/h4-6,8-9,14,16H,3,7,10-13,18H2,1-2H3. The molecular weight excluding hydrogens is 262 g/mol. The highest BCUT2D eigenvalue weighted by Crippen LogP contribution is 2.21. The second kappa shape index (κ2) is 7.57. The quantitative estimate of drug-likeness (QED) is 0.869. The number of carbonyl (C=O) groups excluding carboxylic acids is 1. The molecule has 1 aromatic rings. The molecule has 1 saturated heterocycles. The number of rotatable bonds is 6. The monoisotopic (exact) mass is 289 g/mol. The first kappa shape index (κ1) is 16.0. The van der Waals surface area contributed by atoms with Crippen molar-refractivity contribution in [1.29, 1.82) is 0 Å². The second-order valence-corrected chi connectivity index (χ2v) is 5.92. The van der Waals surface area contributed by atoms with Crippen molar-refractivity contribution < 1.29 is 4.79 Å². The molecule has 1 heterocycles. The molecule has 4 nitrogen and oxygen atoms in total. The van der Waals surface area contributed by atoms with Gasteiger partial charge in [0.1, 0.15) is 0 Å². The maximum atomic E-state index is 12.1. The molecule has 1 aliphatic heterocycles. The summed E-state index contributed by atoms with van der Waals surface area (Å²) < 4.78 is 0. The van der Waals surface area contributed by atoms with Crippen molar-refractivity contribution in [2.75, 3.05) is 19.6 Å². The van der Waals surface area contributed by atoms with Crippen molar-refractivity contribution in [1.82, 2.24) is 9.80 Å². The van der Waals surface area contributed by atoms with Gasteiger partial charge in [-0.3, -0.25) is 9.69 Å². The van der Waals surface area contributed by atoms with Crippen LogP contribution in [0.5, 0.6) is 0 Å². The lowest BCUT2D eigenvalue weighted by molar-refractivity contribution is -0.132. The number of benzene rings is 1. The Morgan fingerprint density at radius 3 is 2.76 bits per heavy atom. The highest BCUT2D eigenvalue weighted by atomic mass is 16.2. The van der Waals surface area contributed by atoms with Gasteiger partial charge in [-0.05, 0) is 38.8 Å². The summed E-state index contributed by atoms with van der Waals surface area (Å²) >= 11 is 0. The smallest absolute Gasteiger partial charge is 0.239 e. The fraction of sp³-hybridized carbons (Fsp3) is 0.588. The van der Waals surface area contributed by atoms with Crippen LogP contribution in [0.3, 0.4) is 0 Å². The van der Waals surface area contributed by atoms with Gasteiger partial charge in [0.2, 0.25) is 5.91 Å². The normalized spacial score (nSPS) is 20.4. The van der Waals surface area contributed by atoms with E-state index in [-0.39, 0.29) is 5.91 Å². The molecule has 4 heteroatoms. The third kappa shape index (κ3) is 4.29. The molecule has 1 aromatic carbocycles. The van der Waals surface area contributed by atoms with E-state index in [0.29, 0.717) is 6.04 Å². The summed E-state index contributed by atoms with van der Waals surface area (Å²) in [6, 6.07) is 10.6. The van der Waals surface area contributed by atoms with Crippen molar-refractivity contribution >= 4 is 5.91 Å². The first-order chi connectivity index (χ1) is 10.1. The predicted molar refractivity (Wildman–Crippen MR) is 85.8 cm³/mol. The average Bonchev–Trinajstić information content (AvgIpc) is 2.92. The van der Waals surface area contributed by atoms with Crippen LogP contribution in [0.15, 0.2) is 30.3 Å². The Morgan fingerprint density at radius 1 is 1.43 bits per heavy atom. The van der Waals surface area contributed by atoms with Crippen LogP contribution < -0.4 is 5.73 Å². The molecule has 2 N–H and O–H groups in total. The molecule has 0 spiro atoms. The van der Waals surface area contributed by atoms with Gasteiger partial charge in [-0.15, -0.1) is 0 Å². The van der Waals surface area contributed by atoms with E-state index < -0.39 is 6.04 Å². The molecule has 1 amide bonds. The first-order valence-corrected chi connectivity index (χ1v) is 7.94. The Labute approximate surface area is 127 Å². The zero-order chi connectivity index (χ0) is 15.2. The zero-order valence-electron chi connectivity index (χ0n) is 13.2. The van der Waals surface area contributed by atoms with E-state index in [4.69, 9.17) is 5.73 Å². The van der Waals surface area contributed by atoms with E-state index >= 15 is 0 Å². The third-order valence-corrected chi connectivity index (χ3v) is 4.24. The number of nitrogens with two attached hydrogens (primary N) is 1. The molecule has 0 bridgehead atoms. The van der Waals surface area contributed by atoms with Crippen LogP contribution in [-0.2, 0) is 11.3 Å². The Bertz CT molecular complexity index is 447. The second-order valence-electron chi connectivity index (χ2n) is 5.92. The summed E-state index contributed by atoms with van der Waals surface area (Å²) in [5.41, 5.74) is 7.08. The summed E-state index contributed by atoms with van der Waals surface area (Å²) in [6.45, 7) is 7.40. The molecule has 0 radical (unpaired) electrons. The van der Waals surface area contributed by atoms with Crippen LogP contribution in [0.1, 0.15) is 32.3 Å². The number of amides is 1.